The van der Waals surface area contributed by atoms with Crippen molar-refractivity contribution in [2.24, 2.45) is 5.84 Å². The Hall–Kier alpha value is -1.14. The second-order valence-electron chi connectivity index (χ2n) is 3.09. The molecule has 0 aromatic heterocycles. The molecule has 0 saturated carbocycles. The lowest BCUT2D eigenvalue weighted by Gasteiger charge is -2.19. The molecule has 15 heavy (non-hydrogen) atoms. The van der Waals surface area contributed by atoms with Gasteiger partial charge in [0, 0.05) is 0 Å². The van der Waals surface area contributed by atoms with E-state index >= 15 is 0 Å². The minimum atomic E-state index is -4.41. The number of hydrogen-bond acceptors (Lipinski definition) is 2. The smallest absolute Gasteiger partial charge is 0.271 e. The summed E-state index contributed by atoms with van der Waals surface area (Å²) in [5.74, 6) is 4.31. The van der Waals surface area contributed by atoms with E-state index in [2.05, 4.69) is 0 Å². The molecule has 0 amide bonds. The molecule has 0 aliphatic heterocycles. The molecule has 0 aliphatic carbocycles. The largest absolute Gasteiger partial charge is 0.405 e. The monoisotopic (exact) mass is 222 g/mol. The summed E-state index contributed by atoms with van der Waals surface area (Å²) in [6.07, 6.45) is -4.73. The van der Waals surface area contributed by atoms with Crippen LogP contribution in [0, 0.1) is 5.82 Å². The third-order valence-electron chi connectivity index (χ3n) is 1.95. The minimum Gasteiger partial charge on any atom is -0.271 e. The number of rotatable bonds is 3. The fourth-order valence-electron chi connectivity index (χ4n) is 1.13. The van der Waals surface area contributed by atoms with Crippen LogP contribution < -0.4 is 11.3 Å². The Labute approximate surface area is 84.0 Å². The molecule has 1 aromatic carbocycles. The van der Waals surface area contributed by atoms with Gasteiger partial charge in [-0.3, -0.25) is 5.84 Å². The Morgan fingerprint density at radius 3 is 2.13 bits per heavy atom. The highest BCUT2D eigenvalue weighted by Gasteiger charge is 2.38. The lowest BCUT2D eigenvalue weighted by atomic mass is 10.1. The maximum atomic E-state index is 12.5. The van der Waals surface area contributed by atoms with E-state index in [4.69, 9.17) is 5.84 Å². The maximum absolute atomic E-state index is 12.5. The first-order valence-corrected chi connectivity index (χ1v) is 4.21. The van der Waals surface area contributed by atoms with Gasteiger partial charge in [-0.05, 0) is 24.1 Å². The third-order valence-corrected chi connectivity index (χ3v) is 1.95. The van der Waals surface area contributed by atoms with Crippen LogP contribution in [0.2, 0.25) is 0 Å². The average Bonchev–Trinajstić information content (AvgIpc) is 2.15. The fraction of sp³-hybridized carbons (Fsp3) is 0.333. The molecule has 0 fully saturated rings. The minimum absolute atomic E-state index is 0.319. The van der Waals surface area contributed by atoms with Crippen molar-refractivity contribution in [3.8, 4) is 0 Å². The van der Waals surface area contributed by atoms with Gasteiger partial charge in [0.1, 0.15) is 11.9 Å². The van der Waals surface area contributed by atoms with E-state index < -0.39 is 18.0 Å². The summed E-state index contributed by atoms with van der Waals surface area (Å²) in [5, 5.41) is 0. The topological polar surface area (TPSA) is 38.0 Å². The molecule has 1 rings (SSSR count). The first kappa shape index (κ1) is 11.9. The Balaban J connectivity index is 2.71. The van der Waals surface area contributed by atoms with Gasteiger partial charge >= 0.3 is 6.18 Å². The summed E-state index contributed by atoms with van der Waals surface area (Å²) in [4.78, 5) is 0. The Morgan fingerprint density at radius 2 is 1.73 bits per heavy atom. The molecule has 0 aliphatic rings. The van der Waals surface area contributed by atoms with E-state index in [1.54, 1.807) is 5.43 Å². The van der Waals surface area contributed by atoms with E-state index in [1.165, 1.54) is 12.1 Å². The van der Waals surface area contributed by atoms with Crippen LogP contribution in [0.1, 0.15) is 5.56 Å². The molecule has 6 heteroatoms. The van der Waals surface area contributed by atoms with Crippen molar-refractivity contribution in [2.75, 3.05) is 0 Å². The summed E-state index contributed by atoms with van der Waals surface area (Å²) in [6.45, 7) is 0. The van der Waals surface area contributed by atoms with E-state index in [0.29, 0.717) is 5.56 Å². The highest BCUT2D eigenvalue weighted by molar-refractivity contribution is 5.17. The molecule has 0 heterocycles. The number of benzene rings is 1. The van der Waals surface area contributed by atoms with Crippen LogP contribution in [0.3, 0.4) is 0 Å². The number of nitrogens with one attached hydrogen (secondary N) is 1. The molecule has 0 bridgehead atoms. The molecule has 1 atom stereocenters. The zero-order valence-electron chi connectivity index (χ0n) is 7.68. The predicted octanol–water partition coefficient (Wildman–Crippen LogP) is 1.76. The first-order valence-electron chi connectivity index (χ1n) is 4.21. The first-order chi connectivity index (χ1) is 6.93. The van der Waals surface area contributed by atoms with Crippen LogP contribution in [0.25, 0.3) is 0 Å². The van der Waals surface area contributed by atoms with Gasteiger partial charge in [-0.1, -0.05) is 12.1 Å². The molecule has 0 radical (unpaired) electrons. The lowest BCUT2D eigenvalue weighted by molar-refractivity contribution is -0.155. The quantitative estimate of drug-likeness (QED) is 0.464. The number of alkyl halides is 3. The van der Waals surface area contributed by atoms with Crippen LogP contribution in [0.5, 0.6) is 0 Å². The van der Waals surface area contributed by atoms with E-state index in [-0.39, 0.29) is 6.42 Å². The number of nitrogens with two attached hydrogens (primary N) is 1. The second kappa shape index (κ2) is 4.59. The van der Waals surface area contributed by atoms with Gasteiger partial charge in [0.15, 0.2) is 0 Å². The highest BCUT2D eigenvalue weighted by Crippen LogP contribution is 2.22. The Bertz CT molecular complexity index is 307. The Kier molecular flexibility index (Phi) is 3.65. The third kappa shape index (κ3) is 3.49. The summed E-state index contributed by atoms with van der Waals surface area (Å²) in [7, 11) is 0. The SMILES string of the molecule is NNC(Cc1ccc(F)cc1)C(F)(F)F. The van der Waals surface area contributed by atoms with Gasteiger partial charge in [-0.2, -0.15) is 13.2 Å². The van der Waals surface area contributed by atoms with Crippen LogP contribution in [-0.4, -0.2) is 12.2 Å². The lowest BCUT2D eigenvalue weighted by Crippen LogP contribution is -2.47. The summed E-state index contributed by atoms with van der Waals surface area (Å²) < 4.78 is 49.3. The molecule has 84 valence electrons. The number of hydrazine groups is 1. The molecular formula is C9H10F4N2. The van der Waals surface area contributed by atoms with E-state index in [0.717, 1.165) is 12.1 Å². The molecule has 0 spiro atoms. The molecule has 0 saturated heterocycles. The van der Waals surface area contributed by atoms with Gasteiger partial charge in [-0.25, -0.2) is 9.82 Å². The average molecular weight is 222 g/mol. The second-order valence-corrected chi connectivity index (χ2v) is 3.09. The Morgan fingerprint density at radius 1 is 1.20 bits per heavy atom. The van der Waals surface area contributed by atoms with E-state index in [9.17, 15) is 17.6 Å². The van der Waals surface area contributed by atoms with Crippen LogP contribution >= 0.6 is 0 Å². The summed E-state index contributed by atoms with van der Waals surface area (Å²) >= 11 is 0. The molecule has 1 aromatic rings. The molecular weight excluding hydrogens is 212 g/mol. The number of hydrogen-bond donors (Lipinski definition) is 2. The normalized spacial score (nSPS) is 13.9. The van der Waals surface area contributed by atoms with Crippen molar-refractivity contribution >= 4 is 0 Å². The molecule has 2 nitrogen and oxygen atoms in total. The van der Waals surface area contributed by atoms with Gasteiger partial charge < -0.3 is 0 Å². The van der Waals surface area contributed by atoms with Crippen molar-refractivity contribution in [1.29, 1.82) is 0 Å². The van der Waals surface area contributed by atoms with Crippen LogP contribution in [0.4, 0.5) is 17.6 Å². The van der Waals surface area contributed by atoms with Gasteiger partial charge in [-0.15, -0.1) is 0 Å². The van der Waals surface area contributed by atoms with Crippen molar-refractivity contribution in [2.45, 2.75) is 18.6 Å². The van der Waals surface area contributed by atoms with Crippen molar-refractivity contribution in [3.63, 3.8) is 0 Å². The predicted molar refractivity (Wildman–Crippen MR) is 47.3 cm³/mol. The van der Waals surface area contributed by atoms with Gasteiger partial charge in [0.25, 0.3) is 0 Å². The maximum Gasteiger partial charge on any atom is 0.405 e. The van der Waals surface area contributed by atoms with E-state index in [1.807, 2.05) is 0 Å². The summed E-state index contributed by atoms with van der Waals surface area (Å²) in [6, 6.07) is 3.00. The van der Waals surface area contributed by atoms with Crippen molar-refractivity contribution in [1.82, 2.24) is 5.43 Å². The van der Waals surface area contributed by atoms with Crippen molar-refractivity contribution in [3.05, 3.63) is 35.6 Å². The van der Waals surface area contributed by atoms with Gasteiger partial charge in [0.05, 0.1) is 0 Å². The zero-order valence-corrected chi connectivity index (χ0v) is 7.68. The highest BCUT2D eigenvalue weighted by atomic mass is 19.4. The zero-order chi connectivity index (χ0) is 11.5. The van der Waals surface area contributed by atoms with Crippen LogP contribution in [-0.2, 0) is 6.42 Å². The van der Waals surface area contributed by atoms with Crippen LogP contribution in [0.15, 0.2) is 24.3 Å². The van der Waals surface area contributed by atoms with Gasteiger partial charge in [0.2, 0.25) is 0 Å². The standard InChI is InChI=1S/C9H10F4N2/c10-7-3-1-6(2-4-7)5-8(15-14)9(11,12)13/h1-4,8,15H,5,14H2. The fourth-order valence-corrected chi connectivity index (χ4v) is 1.13. The summed E-state index contributed by atoms with van der Waals surface area (Å²) in [5.41, 5.74) is 2.06. The van der Waals surface area contributed by atoms with Crippen molar-refractivity contribution < 1.29 is 17.6 Å². The number of halogens is 4. The molecule has 1 unspecified atom stereocenters. The molecule has 3 N–H and O–H groups in total.